The van der Waals surface area contributed by atoms with Crippen LogP contribution in [0.2, 0.25) is 0 Å². The minimum absolute atomic E-state index is 1.13. The lowest BCUT2D eigenvalue weighted by Crippen LogP contribution is -1.76. The van der Waals surface area contributed by atoms with Gasteiger partial charge in [-0.15, -0.1) is 0 Å². The van der Waals surface area contributed by atoms with E-state index >= 15 is 0 Å². The molecular weight excluding hydrogens is 264 g/mol. The van der Waals surface area contributed by atoms with Crippen molar-refractivity contribution in [2.24, 2.45) is 0 Å². The Morgan fingerprint density at radius 3 is 1.05 bits per heavy atom. The van der Waals surface area contributed by atoms with E-state index in [1.165, 1.54) is 22.3 Å². The van der Waals surface area contributed by atoms with Gasteiger partial charge in [0.1, 0.15) is 0 Å². The summed E-state index contributed by atoms with van der Waals surface area (Å²) in [5.74, 6) is 0. The van der Waals surface area contributed by atoms with Crippen LogP contribution in [0.15, 0.2) is 55.1 Å². The Kier molecular flexibility index (Phi) is 14.4. The molecule has 0 N–H and O–H groups in total. The highest BCUT2D eigenvalue weighted by molar-refractivity contribution is 5.61. The first kappa shape index (κ1) is 22.5. The fourth-order valence-electron chi connectivity index (χ4n) is 1.47. The fourth-order valence-corrected chi connectivity index (χ4v) is 1.47. The molecule has 2 aromatic rings. The zero-order chi connectivity index (χ0) is 17.5. The molecule has 122 valence electrons. The van der Waals surface area contributed by atoms with Crippen LogP contribution in [0.1, 0.15) is 56.9 Å². The van der Waals surface area contributed by atoms with Gasteiger partial charge in [-0.2, -0.15) is 0 Å². The van der Waals surface area contributed by atoms with Crippen LogP contribution in [0.25, 0.3) is 5.57 Å². The molecule has 0 nitrogen and oxygen atoms in total. The quantitative estimate of drug-likeness (QED) is 0.515. The van der Waals surface area contributed by atoms with Crippen molar-refractivity contribution in [3.05, 3.63) is 77.4 Å². The molecule has 2 aromatic carbocycles. The smallest absolute Gasteiger partial charge is 0.0233 e. The molecule has 0 aliphatic rings. The summed E-state index contributed by atoms with van der Waals surface area (Å²) in [6.45, 7) is 20.2. The number of aryl methyl sites for hydroxylation is 3. The fraction of sp³-hybridized carbons (Fsp3) is 0.364. The molecule has 0 bridgehead atoms. The Labute approximate surface area is 138 Å². The summed E-state index contributed by atoms with van der Waals surface area (Å²) in [6.07, 6.45) is 0. The second-order valence-corrected chi connectivity index (χ2v) is 4.80. The van der Waals surface area contributed by atoms with Crippen LogP contribution >= 0.6 is 0 Å². The van der Waals surface area contributed by atoms with Crippen LogP contribution in [0.3, 0.4) is 0 Å². The van der Waals surface area contributed by atoms with E-state index in [1.807, 2.05) is 34.6 Å². The average molecular weight is 299 g/mol. The predicted molar refractivity (Wildman–Crippen MR) is 104 cm³/mol. The first-order valence-electron chi connectivity index (χ1n) is 8.25. The van der Waals surface area contributed by atoms with E-state index in [2.05, 4.69) is 75.9 Å². The van der Waals surface area contributed by atoms with Gasteiger partial charge < -0.3 is 0 Å². The molecule has 0 fully saturated rings. The largest absolute Gasteiger partial charge is 0.0955 e. The van der Waals surface area contributed by atoms with E-state index in [0.717, 1.165) is 5.57 Å². The third-order valence-electron chi connectivity index (χ3n) is 2.76. The second kappa shape index (κ2) is 14.1. The van der Waals surface area contributed by atoms with Gasteiger partial charge in [0.15, 0.2) is 0 Å². The molecule has 0 amide bonds. The normalized spacial score (nSPS) is 8.18. The Hall–Kier alpha value is -1.82. The number of hydrogen-bond acceptors (Lipinski definition) is 0. The topological polar surface area (TPSA) is 0 Å². The molecule has 0 heterocycles. The summed E-state index contributed by atoms with van der Waals surface area (Å²) in [4.78, 5) is 0. The molecule has 0 aliphatic carbocycles. The van der Waals surface area contributed by atoms with E-state index in [9.17, 15) is 0 Å². The molecule has 0 aromatic heterocycles. The maximum absolute atomic E-state index is 3.86. The highest BCUT2D eigenvalue weighted by Gasteiger charge is 1.89. The van der Waals surface area contributed by atoms with Gasteiger partial charge in [0.25, 0.3) is 0 Å². The predicted octanol–water partition coefficient (Wildman–Crippen LogP) is 7.38. The van der Waals surface area contributed by atoms with Crippen LogP contribution in [0, 0.1) is 20.8 Å². The minimum atomic E-state index is 1.13. The van der Waals surface area contributed by atoms with Crippen molar-refractivity contribution in [2.75, 3.05) is 0 Å². The Balaban J connectivity index is 0. The summed E-state index contributed by atoms with van der Waals surface area (Å²) < 4.78 is 0. The number of benzene rings is 2. The van der Waals surface area contributed by atoms with Crippen LogP contribution in [0.4, 0.5) is 0 Å². The van der Waals surface area contributed by atoms with Crippen LogP contribution in [-0.4, -0.2) is 0 Å². The summed E-state index contributed by atoms with van der Waals surface area (Å²) in [6, 6.07) is 16.9. The van der Waals surface area contributed by atoms with Crippen molar-refractivity contribution in [1.29, 1.82) is 0 Å². The molecule has 0 unspecified atom stereocenters. The van der Waals surface area contributed by atoms with Crippen molar-refractivity contribution >= 4 is 5.57 Å². The van der Waals surface area contributed by atoms with E-state index in [-0.39, 0.29) is 0 Å². The zero-order valence-electron chi connectivity index (χ0n) is 15.8. The monoisotopic (exact) mass is 298 g/mol. The van der Waals surface area contributed by atoms with Crippen LogP contribution < -0.4 is 0 Å². The first-order chi connectivity index (χ1) is 10.5. The van der Waals surface area contributed by atoms with Crippen molar-refractivity contribution in [1.82, 2.24) is 0 Å². The molecule has 0 aliphatic heterocycles. The van der Waals surface area contributed by atoms with Gasteiger partial charge in [-0.3, -0.25) is 0 Å². The lowest BCUT2D eigenvalue weighted by atomic mass is 10.1. The second-order valence-electron chi connectivity index (χ2n) is 4.80. The van der Waals surface area contributed by atoms with E-state index in [1.54, 1.807) is 0 Å². The van der Waals surface area contributed by atoms with E-state index in [0.29, 0.717) is 0 Å². The van der Waals surface area contributed by atoms with Gasteiger partial charge in [-0.05, 0) is 33.3 Å². The van der Waals surface area contributed by atoms with Gasteiger partial charge in [-0.1, -0.05) is 105 Å². The van der Waals surface area contributed by atoms with E-state index < -0.39 is 0 Å². The summed E-state index contributed by atoms with van der Waals surface area (Å²) in [5, 5.41) is 0. The molecule has 22 heavy (non-hydrogen) atoms. The molecule has 0 heteroatoms. The zero-order valence-corrected chi connectivity index (χ0v) is 15.8. The maximum atomic E-state index is 3.86. The van der Waals surface area contributed by atoms with Crippen molar-refractivity contribution in [3.63, 3.8) is 0 Å². The Bertz CT molecular complexity index is 466. The third-order valence-corrected chi connectivity index (χ3v) is 2.76. The lowest BCUT2D eigenvalue weighted by Gasteiger charge is -1.98. The third kappa shape index (κ3) is 10.9. The molecule has 0 spiro atoms. The van der Waals surface area contributed by atoms with Crippen LogP contribution in [0.5, 0.6) is 0 Å². The highest BCUT2D eigenvalue weighted by Crippen LogP contribution is 2.11. The van der Waals surface area contributed by atoms with Crippen molar-refractivity contribution < 1.29 is 0 Å². The van der Waals surface area contributed by atoms with Crippen molar-refractivity contribution in [2.45, 2.75) is 55.4 Å². The lowest BCUT2D eigenvalue weighted by molar-refractivity contribution is 1.40. The number of hydrogen-bond donors (Lipinski definition) is 0. The Morgan fingerprint density at radius 2 is 0.818 bits per heavy atom. The van der Waals surface area contributed by atoms with Gasteiger partial charge in [0, 0.05) is 0 Å². The molecule has 0 atom stereocenters. The first-order valence-corrected chi connectivity index (χ1v) is 8.25. The number of rotatable bonds is 1. The average Bonchev–Trinajstić information content (AvgIpc) is 2.55. The van der Waals surface area contributed by atoms with Crippen molar-refractivity contribution in [3.8, 4) is 0 Å². The van der Waals surface area contributed by atoms with Gasteiger partial charge in [0.05, 0.1) is 0 Å². The van der Waals surface area contributed by atoms with Gasteiger partial charge in [0.2, 0.25) is 0 Å². The molecule has 0 radical (unpaired) electrons. The molecule has 0 saturated carbocycles. The Morgan fingerprint density at radius 1 is 0.591 bits per heavy atom. The maximum Gasteiger partial charge on any atom is -0.0233 e. The SMILES string of the molecule is C=C(C)c1ccc(C)cc1.CC.CC.Cc1ccc(C)cc1. The van der Waals surface area contributed by atoms with Gasteiger partial charge in [-0.25, -0.2) is 0 Å². The minimum Gasteiger partial charge on any atom is -0.0955 e. The standard InChI is InChI=1S/C10H12.C8H10.2C2H6/c1-8(2)10-6-4-9(3)5-7-10;1-7-3-5-8(2)6-4-7;2*1-2/h4-7H,1H2,2-3H3;3-6H,1-2H3;2*1-2H3. The summed E-state index contributed by atoms with van der Waals surface area (Å²) in [5.41, 5.74) is 6.31. The van der Waals surface area contributed by atoms with E-state index in [4.69, 9.17) is 0 Å². The highest BCUT2D eigenvalue weighted by atomic mass is 13.9. The molecular formula is C22H34. The van der Waals surface area contributed by atoms with Crippen LogP contribution in [-0.2, 0) is 0 Å². The summed E-state index contributed by atoms with van der Waals surface area (Å²) >= 11 is 0. The molecule has 2 rings (SSSR count). The van der Waals surface area contributed by atoms with Gasteiger partial charge >= 0.3 is 0 Å². The molecule has 0 saturated heterocycles. The summed E-state index contributed by atoms with van der Waals surface area (Å²) in [7, 11) is 0. The number of allylic oxidation sites excluding steroid dienone is 1.